The second-order valence-electron chi connectivity index (χ2n) is 5.52. The lowest BCUT2D eigenvalue weighted by Crippen LogP contribution is -2.30. The van der Waals surface area contributed by atoms with E-state index in [0.717, 1.165) is 29.9 Å². The smallest absolute Gasteiger partial charge is 0.227 e. The molecule has 0 unspecified atom stereocenters. The van der Waals surface area contributed by atoms with Crippen LogP contribution in [0, 0.1) is 6.92 Å². The summed E-state index contributed by atoms with van der Waals surface area (Å²) < 4.78 is 0. The molecule has 1 saturated carbocycles. The third-order valence-corrected chi connectivity index (χ3v) is 3.95. The molecule has 0 atom stereocenters. The van der Waals surface area contributed by atoms with Crippen LogP contribution in [0.25, 0.3) is 0 Å². The van der Waals surface area contributed by atoms with Crippen molar-refractivity contribution in [2.45, 2.75) is 38.6 Å². The number of anilines is 2. The van der Waals surface area contributed by atoms with E-state index in [1.807, 2.05) is 30.0 Å². The minimum absolute atomic E-state index is 0.222. The Kier molecular flexibility index (Phi) is 3.61. The topological polar surface area (TPSA) is 44.4 Å². The standard InChI is InChI=1S/C15H19N3OS/c1-10-9-12(17-15(20)16-11-4-5-11)6-7-13(10)18-8-2-3-14(18)19/h6-7,9,11H,2-5,8H2,1H3,(H2,16,17,20). The van der Waals surface area contributed by atoms with Crippen molar-refractivity contribution in [2.75, 3.05) is 16.8 Å². The molecular formula is C15H19N3OS. The number of hydrogen-bond acceptors (Lipinski definition) is 2. The Morgan fingerprint density at radius 1 is 1.40 bits per heavy atom. The lowest BCUT2D eigenvalue weighted by atomic mass is 10.1. The molecule has 3 rings (SSSR count). The quantitative estimate of drug-likeness (QED) is 0.840. The first-order chi connectivity index (χ1) is 9.63. The van der Waals surface area contributed by atoms with Crippen LogP contribution in [0.2, 0.25) is 0 Å². The summed E-state index contributed by atoms with van der Waals surface area (Å²) in [6.07, 6.45) is 4.02. The van der Waals surface area contributed by atoms with Gasteiger partial charge in [-0.3, -0.25) is 4.79 Å². The lowest BCUT2D eigenvalue weighted by Gasteiger charge is -2.19. The maximum Gasteiger partial charge on any atom is 0.227 e. The van der Waals surface area contributed by atoms with Gasteiger partial charge in [0.1, 0.15) is 0 Å². The van der Waals surface area contributed by atoms with Crippen molar-refractivity contribution in [3.63, 3.8) is 0 Å². The zero-order valence-corrected chi connectivity index (χ0v) is 12.4. The molecular weight excluding hydrogens is 270 g/mol. The van der Waals surface area contributed by atoms with Crippen LogP contribution >= 0.6 is 12.2 Å². The summed E-state index contributed by atoms with van der Waals surface area (Å²) >= 11 is 5.27. The number of nitrogens with zero attached hydrogens (tertiary/aromatic N) is 1. The van der Waals surface area contributed by atoms with Gasteiger partial charge >= 0.3 is 0 Å². The van der Waals surface area contributed by atoms with Crippen molar-refractivity contribution >= 4 is 34.6 Å². The highest BCUT2D eigenvalue weighted by Crippen LogP contribution is 2.27. The van der Waals surface area contributed by atoms with Crippen molar-refractivity contribution < 1.29 is 4.79 Å². The predicted molar refractivity (Wildman–Crippen MR) is 85.1 cm³/mol. The van der Waals surface area contributed by atoms with Gasteiger partial charge in [0.25, 0.3) is 0 Å². The molecule has 0 spiro atoms. The van der Waals surface area contributed by atoms with E-state index in [0.29, 0.717) is 17.6 Å². The van der Waals surface area contributed by atoms with Gasteiger partial charge in [-0.05, 0) is 62.2 Å². The molecule has 0 aromatic heterocycles. The zero-order valence-electron chi connectivity index (χ0n) is 11.6. The summed E-state index contributed by atoms with van der Waals surface area (Å²) in [5.41, 5.74) is 3.08. The Labute approximate surface area is 124 Å². The fourth-order valence-electron chi connectivity index (χ4n) is 2.52. The van der Waals surface area contributed by atoms with Gasteiger partial charge in [0.2, 0.25) is 5.91 Å². The number of carbonyl (C=O) groups is 1. The van der Waals surface area contributed by atoms with Crippen LogP contribution in [0.5, 0.6) is 0 Å². The average Bonchev–Trinajstić information content (AvgIpc) is 3.10. The Balaban J connectivity index is 1.69. The SMILES string of the molecule is Cc1cc(NC(=S)NC2CC2)ccc1N1CCCC1=O. The first-order valence-corrected chi connectivity index (χ1v) is 7.53. The maximum absolute atomic E-state index is 11.8. The Bertz CT molecular complexity index is 554. The van der Waals surface area contributed by atoms with Crippen LogP contribution in [0.1, 0.15) is 31.2 Å². The highest BCUT2D eigenvalue weighted by molar-refractivity contribution is 7.80. The molecule has 5 heteroatoms. The molecule has 0 radical (unpaired) electrons. The Hall–Kier alpha value is -1.62. The van der Waals surface area contributed by atoms with Gasteiger partial charge in [0.15, 0.2) is 5.11 Å². The van der Waals surface area contributed by atoms with Crippen LogP contribution in [-0.2, 0) is 4.79 Å². The summed E-state index contributed by atoms with van der Waals surface area (Å²) in [6, 6.07) is 6.58. The minimum Gasteiger partial charge on any atom is -0.360 e. The van der Waals surface area contributed by atoms with E-state index in [1.165, 1.54) is 12.8 Å². The van der Waals surface area contributed by atoms with Crippen molar-refractivity contribution in [2.24, 2.45) is 0 Å². The van der Waals surface area contributed by atoms with Gasteiger partial charge in [-0.25, -0.2) is 0 Å². The van der Waals surface area contributed by atoms with Gasteiger partial charge < -0.3 is 15.5 Å². The van der Waals surface area contributed by atoms with Crippen molar-refractivity contribution in [1.29, 1.82) is 0 Å². The predicted octanol–water partition coefficient (Wildman–Crippen LogP) is 2.57. The second kappa shape index (κ2) is 5.40. The Morgan fingerprint density at radius 2 is 2.20 bits per heavy atom. The van der Waals surface area contributed by atoms with Crippen LogP contribution in [0.4, 0.5) is 11.4 Å². The normalized spacial score (nSPS) is 18.2. The summed E-state index contributed by atoms with van der Waals surface area (Å²) in [4.78, 5) is 13.7. The van der Waals surface area contributed by atoms with E-state index in [-0.39, 0.29) is 5.91 Å². The fourth-order valence-corrected chi connectivity index (χ4v) is 2.80. The number of nitrogens with one attached hydrogen (secondary N) is 2. The minimum atomic E-state index is 0.222. The van der Waals surface area contributed by atoms with Gasteiger partial charge in [0, 0.05) is 30.4 Å². The van der Waals surface area contributed by atoms with Gasteiger partial charge in [-0.1, -0.05) is 0 Å². The van der Waals surface area contributed by atoms with Crippen molar-refractivity contribution in [1.82, 2.24) is 5.32 Å². The molecule has 4 nitrogen and oxygen atoms in total. The van der Waals surface area contributed by atoms with Gasteiger partial charge in [-0.2, -0.15) is 0 Å². The summed E-state index contributed by atoms with van der Waals surface area (Å²) in [5.74, 6) is 0.222. The molecule has 2 fully saturated rings. The van der Waals surface area contributed by atoms with Crippen LogP contribution in [-0.4, -0.2) is 23.6 Å². The molecule has 1 saturated heterocycles. The molecule has 0 bridgehead atoms. The second-order valence-corrected chi connectivity index (χ2v) is 5.93. The Morgan fingerprint density at radius 3 is 2.80 bits per heavy atom. The average molecular weight is 289 g/mol. The van der Waals surface area contributed by atoms with Crippen LogP contribution in [0.15, 0.2) is 18.2 Å². The van der Waals surface area contributed by atoms with E-state index >= 15 is 0 Å². The molecule has 1 aromatic carbocycles. The van der Waals surface area contributed by atoms with E-state index in [2.05, 4.69) is 10.6 Å². The molecule has 2 N–H and O–H groups in total. The van der Waals surface area contributed by atoms with E-state index in [9.17, 15) is 4.79 Å². The molecule has 2 aliphatic rings. The number of rotatable bonds is 3. The number of amides is 1. The lowest BCUT2D eigenvalue weighted by molar-refractivity contribution is -0.117. The summed E-state index contributed by atoms with van der Waals surface area (Å²) in [6.45, 7) is 2.86. The largest absolute Gasteiger partial charge is 0.360 e. The number of carbonyl (C=O) groups excluding carboxylic acids is 1. The van der Waals surface area contributed by atoms with E-state index in [1.54, 1.807) is 0 Å². The third-order valence-electron chi connectivity index (χ3n) is 3.73. The summed E-state index contributed by atoms with van der Waals surface area (Å²) in [5, 5.41) is 7.13. The summed E-state index contributed by atoms with van der Waals surface area (Å²) in [7, 11) is 0. The molecule has 20 heavy (non-hydrogen) atoms. The first-order valence-electron chi connectivity index (χ1n) is 7.12. The molecule has 106 valence electrons. The highest BCUT2D eigenvalue weighted by Gasteiger charge is 2.23. The van der Waals surface area contributed by atoms with E-state index in [4.69, 9.17) is 12.2 Å². The molecule has 1 aromatic rings. The maximum atomic E-state index is 11.8. The number of aryl methyl sites for hydroxylation is 1. The fraction of sp³-hybridized carbons (Fsp3) is 0.467. The van der Waals surface area contributed by atoms with Gasteiger partial charge in [-0.15, -0.1) is 0 Å². The first kappa shape index (κ1) is 13.4. The third kappa shape index (κ3) is 2.93. The highest BCUT2D eigenvalue weighted by atomic mass is 32.1. The van der Waals surface area contributed by atoms with Gasteiger partial charge in [0.05, 0.1) is 0 Å². The van der Waals surface area contributed by atoms with Crippen LogP contribution in [0.3, 0.4) is 0 Å². The van der Waals surface area contributed by atoms with Crippen LogP contribution < -0.4 is 15.5 Å². The molecule has 1 aliphatic carbocycles. The molecule has 1 heterocycles. The molecule has 1 amide bonds. The number of benzene rings is 1. The zero-order chi connectivity index (χ0) is 14.1. The molecule has 1 aliphatic heterocycles. The number of thiocarbonyl (C=S) groups is 1. The monoisotopic (exact) mass is 289 g/mol. The van der Waals surface area contributed by atoms with Crippen molar-refractivity contribution in [3.05, 3.63) is 23.8 Å². The van der Waals surface area contributed by atoms with Crippen molar-refractivity contribution in [3.8, 4) is 0 Å². The van der Waals surface area contributed by atoms with E-state index < -0.39 is 0 Å². The number of hydrogen-bond donors (Lipinski definition) is 2.